The molecule has 4 nitrogen and oxygen atoms in total. The third-order valence-electron chi connectivity index (χ3n) is 5.89. The predicted molar refractivity (Wildman–Crippen MR) is 123 cm³/mol. The zero-order valence-corrected chi connectivity index (χ0v) is 20.8. The summed E-state index contributed by atoms with van der Waals surface area (Å²) in [6, 6.07) is 8.20. The fourth-order valence-corrected chi connectivity index (χ4v) is 4.51. The third-order valence-corrected chi connectivity index (χ3v) is 6.54. The van der Waals surface area contributed by atoms with Gasteiger partial charge in [-0.05, 0) is 70.7 Å². The van der Waals surface area contributed by atoms with Gasteiger partial charge >= 0.3 is 23.9 Å². The van der Waals surface area contributed by atoms with Crippen molar-refractivity contribution in [3.8, 4) is 6.07 Å². The van der Waals surface area contributed by atoms with Crippen molar-refractivity contribution in [2.45, 2.75) is 44.2 Å². The van der Waals surface area contributed by atoms with Crippen molar-refractivity contribution in [1.82, 2.24) is 4.98 Å². The second kappa shape index (κ2) is 9.76. The quantitative estimate of drug-likeness (QED) is 0.298. The first-order chi connectivity index (χ1) is 17.4. The monoisotopic (exact) mass is 611 g/mol. The minimum Gasteiger partial charge on any atom is -0.322 e. The number of hydrogen-bond acceptors (Lipinski definition) is 3. The first-order valence-corrected chi connectivity index (χ1v) is 11.3. The fourth-order valence-electron chi connectivity index (χ4n) is 3.98. The molecule has 0 saturated heterocycles. The van der Waals surface area contributed by atoms with E-state index >= 15 is 4.39 Å². The zero-order chi connectivity index (χ0) is 28.8. The van der Waals surface area contributed by atoms with E-state index in [4.69, 9.17) is 5.26 Å². The number of alkyl halides is 9. The van der Waals surface area contributed by atoms with Crippen LogP contribution in [0.15, 0.2) is 40.9 Å². The van der Waals surface area contributed by atoms with Crippen molar-refractivity contribution < 1.29 is 44.3 Å². The van der Waals surface area contributed by atoms with Gasteiger partial charge in [-0.3, -0.25) is 4.79 Å². The van der Waals surface area contributed by atoms with Gasteiger partial charge in [-0.25, -0.2) is 9.37 Å². The zero-order valence-electron chi connectivity index (χ0n) is 19.3. The summed E-state index contributed by atoms with van der Waals surface area (Å²) in [5, 5.41) is 11.8. The van der Waals surface area contributed by atoms with Crippen LogP contribution in [0.25, 0.3) is 10.9 Å². The molecule has 0 radical (unpaired) electrons. The number of carbonyl (C=O) groups excluding carboxylic acids is 1. The number of halogens is 10. The maximum absolute atomic E-state index is 15.1. The number of aromatic nitrogens is 1. The number of carbonyl (C=O) groups is 1. The molecular formula is C24H15BrF9N3O. The molecule has 3 aromatic rings. The van der Waals surface area contributed by atoms with Crippen LogP contribution in [-0.2, 0) is 12.1 Å². The van der Waals surface area contributed by atoms with E-state index in [0.717, 1.165) is 6.92 Å². The van der Waals surface area contributed by atoms with Crippen LogP contribution in [0.4, 0.5) is 45.2 Å². The van der Waals surface area contributed by atoms with E-state index in [0.29, 0.717) is 21.4 Å². The van der Waals surface area contributed by atoms with Gasteiger partial charge < -0.3 is 5.32 Å². The van der Waals surface area contributed by atoms with Crippen LogP contribution in [0.2, 0.25) is 0 Å². The smallest absolute Gasteiger partial charge is 0.322 e. The lowest BCUT2D eigenvalue weighted by Gasteiger charge is -2.37. The summed E-state index contributed by atoms with van der Waals surface area (Å²) in [6.07, 6.45) is -13.7. The molecular weight excluding hydrogens is 597 g/mol. The molecule has 1 amide bonds. The molecule has 1 heterocycles. The van der Waals surface area contributed by atoms with Crippen molar-refractivity contribution in [3.63, 3.8) is 0 Å². The first kappa shape index (κ1) is 29.2. The number of nitriles is 1. The maximum atomic E-state index is 15.1. The standard InChI is InChI=1S/C24H15BrF9N3O/c1-3-14-11(2)16(21(26,23(29,30)31)22(27,28)24(32,33)34)5-7-18(14)37-20(38)12-4-6-19-15(8-12)17(25)9-13(10-35)36-19/h4-9H,3H2,1-2H3,(H,37,38). The van der Waals surface area contributed by atoms with Gasteiger partial charge in [0, 0.05) is 26.7 Å². The number of benzene rings is 2. The number of hydrogen-bond donors (Lipinski definition) is 1. The van der Waals surface area contributed by atoms with Crippen molar-refractivity contribution >= 4 is 38.4 Å². The van der Waals surface area contributed by atoms with Crippen LogP contribution in [-0.4, -0.2) is 29.2 Å². The Hall–Kier alpha value is -3.34. The summed E-state index contributed by atoms with van der Waals surface area (Å²) >= 11 is 3.25. The first-order valence-electron chi connectivity index (χ1n) is 10.6. The van der Waals surface area contributed by atoms with Crippen LogP contribution in [0.3, 0.4) is 0 Å². The molecule has 0 fully saturated rings. The second-order valence-corrected chi connectivity index (χ2v) is 8.99. The number of anilines is 1. The Kier molecular flexibility index (Phi) is 7.50. The van der Waals surface area contributed by atoms with Crippen LogP contribution in [0, 0.1) is 18.3 Å². The van der Waals surface area contributed by atoms with Crippen molar-refractivity contribution in [3.05, 3.63) is 68.8 Å². The molecule has 0 saturated carbocycles. The number of nitrogens with one attached hydrogen (secondary N) is 1. The molecule has 14 heteroatoms. The molecule has 1 N–H and O–H groups in total. The van der Waals surface area contributed by atoms with Crippen molar-refractivity contribution in [2.24, 2.45) is 0 Å². The normalized spacial score (nSPS) is 14.2. The van der Waals surface area contributed by atoms with Gasteiger partial charge in [0.25, 0.3) is 5.91 Å². The number of rotatable bonds is 5. The Morgan fingerprint density at radius 3 is 2.16 bits per heavy atom. The summed E-state index contributed by atoms with van der Waals surface area (Å²) in [4.78, 5) is 17.0. The van der Waals surface area contributed by atoms with E-state index in [1.54, 1.807) is 0 Å². The lowest BCUT2D eigenvalue weighted by Crippen LogP contribution is -2.60. The summed E-state index contributed by atoms with van der Waals surface area (Å²) in [5.41, 5.74) is -8.85. The molecule has 2 aromatic carbocycles. The van der Waals surface area contributed by atoms with Gasteiger partial charge in [-0.2, -0.15) is 40.4 Å². The Morgan fingerprint density at radius 1 is 1.00 bits per heavy atom. The maximum Gasteiger partial charge on any atom is 0.457 e. The summed E-state index contributed by atoms with van der Waals surface area (Å²) in [5.74, 6) is -7.62. The second-order valence-electron chi connectivity index (χ2n) is 8.13. The minimum absolute atomic E-state index is 0.0206. The Bertz CT molecular complexity index is 1460. The molecule has 0 bridgehead atoms. The van der Waals surface area contributed by atoms with Gasteiger partial charge in [0.05, 0.1) is 5.52 Å². The van der Waals surface area contributed by atoms with E-state index in [1.165, 1.54) is 31.2 Å². The molecule has 38 heavy (non-hydrogen) atoms. The van der Waals surface area contributed by atoms with Crippen molar-refractivity contribution in [1.29, 1.82) is 5.26 Å². The van der Waals surface area contributed by atoms with Crippen LogP contribution in [0.5, 0.6) is 0 Å². The largest absolute Gasteiger partial charge is 0.457 e. The predicted octanol–water partition coefficient (Wildman–Crippen LogP) is 7.92. The molecule has 202 valence electrons. The molecule has 0 spiro atoms. The molecule has 1 aromatic heterocycles. The Balaban J connectivity index is 2.09. The number of nitrogens with zero attached hydrogens (tertiary/aromatic N) is 2. The highest BCUT2D eigenvalue weighted by Crippen LogP contribution is 2.59. The van der Waals surface area contributed by atoms with Crippen LogP contribution >= 0.6 is 15.9 Å². The summed E-state index contributed by atoms with van der Waals surface area (Å²) < 4.78 is 123. The van der Waals surface area contributed by atoms with E-state index < -0.39 is 41.0 Å². The van der Waals surface area contributed by atoms with Crippen molar-refractivity contribution in [2.75, 3.05) is 5.32 Å². The van der Waals surface area contributed by atoms with Gasteiger partial charge in [0.15, 0.2) is 0 Å². The van der Waals surface area contributed by atoms with Crippen LogP contribution < -0.4 is 5.32 Å². The topological polar surface area (TPSA) is 65.8 Å². The average molecular weight is 612 g/mol. The highest BCUT2D eigenvalue weighted by molar-refractivity contribution is 9.10. The van der Waals surface area contributed by atoms with Gasteiger partial charge in [-0.15, -0.1) is 0 Å². The summed E-state index contributed by atoms with van der Waals surface area (Å²) in [7, 11) is 0. The molecule has 1 unspecified atom stereocenters. The number of amides is 1. The number of pyridine rings is 1. The molecule has 3 rings (SSSR count). The highest BCUT2D eigenvalue weighted by Gasteiger charge is 2.82. The molecule has 0 aliphatic heterocycles. The minimum atomic E-state index is -6.85. The van der Waals surface area contributed by atoms with Gasteiger partial charge in [0.2, 0.25) is 0 Å². The lowest BCUT2D eigenvalue weighted by molar-refractivity contribution is -0.389. The molecule has 0 aliphatic rings. The third kappa shape index (κ3) is 4.68. The SMILES string of the molecule is CCc1c(NC(=O)c2ccc3nc(C#N)cc(Br)c3c2)ccc(C(F)(C(F)(F)F)C(F)(F)C(F)(F)F)c1C. The van der Waals surface area contributed by atoms with E-state index in [1.807, 2.05) is 6.07 Å². The van der Waals surface area contributed by atoms with E-state index in [-0.39, 0.29) is 35.0 Å². The van der Waals surface area contributed by atoms with E-state index in [2.05, 4.69) is 26.2 Å². The van der Waals surface area contributed by atoms with Gasteiger partial charge in [0.1, 0.15) is 11.8 Å². The average Bonchev–Trinajstić information content (AvgIpc) is 2.82. The van der Waals surface area contributed by atoms with E-state index in [9.17, 15) is 39.9 Å². The van der Waals surface area contributed by atoms with Crippen LogP contribution in [0.1, 0.15) is 39.7 Å². The highest BCUT2D eigenvalue weighted by atomic mass is 79.9. The lowest BCUT2D eigenvalue weighted by atomic mass is 9.82. The Morgan fingerprint density at radius 2 is 1.63 bits per heavy atom. The fraction of sp³-hybridized carbons (Fsp3) is 0.292. The Labute approximate surface area is 217 Å². The van der Waals surface area contributed by atoms with Gasteiger partial charge in [-0.1, -0.05) is 13.0 Å². The summed E-state index contributed by atoms with van der Waals surface area (Å²) in [6.45, 7) is 2.10. The number of fused-ring (bicyclic) bond motifs is 1. The molecule has 1 atom stereocenters. The molecule has 0 aliphatic carbocycles.